The van der Waals surface area contributed by atoms with Gasteiger partial charge >= 0.3 is 0 Å². The van der Waals surface area contributed by atoms with Crippen LogP contribution in [0.3, 0.4) is 0 Å². The highest BCUT2D eigenvalue weighted by Crippen LogP contribution is 2.11. The molecule has 0 bridgehead atoms. The summed E-state index contributed by atoms with van der Waals surface area (Å²) in [4.78, 5) is 16.7. The summed E-state index contributed by atoms with van der Waals surface area (Å²) in [7, 11) is 0. The largest absolute Gasteiger partial charge is 0.399 e. The number of nitrogens with zero attached hydrogens (tertiary/aromatic N) is 2. The van der Waals surface area contributed by atoms with Crippen molar-refractivity contribution in [1.29, 1.82) is 0 Å². The summed E-state index contributed by atoms with van der Waals surface area (Å²) in [5.41, 5.74) is 7.43. The van der Waals surface area contributed by atoms with Gasteiger partial charge in [0.05, 0.1) is 6.42 Å². The molecule has 1 amide bonds. The number of carbonyl (C=O) groups is 1. The topological polar surface area (TPSA) is 49.6 Å². The predicted octanol–water partition coefficient (Wildman–Crippen LogP) is 1.75. The van der Waals surface area contributed by atoms with Crippen molar-refractivity contribution in [2.75, 3.05) is 31.9 Å². The summed E-state index contributed by atoms with van der Waals surface area (Å²) >= 11 is 0. The molecule has 0 aromatic heterocycles. The SMILES string of the molecule is CCC(C)N1CCN(C(=O)Cc2ccc(N)cc2)CC1. The number of benzene rings is 1. The Hall–Kier alpha value is -1.55. The highest BCUT2D eigenvalue weighted by molar-refractivity contribution is 5.79. The second kappa shape index (κ2) is 6.75. The molecule has 0 spiro atoms. The fourth-order valence-corrected chi connectivity index (χ4v) is 2.59. The number of nitrogens with two attached hydrogens (primary N) is 1. The summed E-state index contributed by atoms with van der Waals surface area (Å²) < 4.78 is 0. The number of nitrogen functional groups attached to an aromatic ring is 1. The molecule has 1 aliphatic heterocycles. The van der Waals surface area contributed by atoms with E-state index in [0.717, 1.165) is 37.4 Å². The van der Waals surface area contributed by atoms with Gasteiger partial charge in [-0.1, -0.05) is 19.1 Å². The van der Waals surface area contributed by atoms with Gasteiger partial charge in [0.1, 0.15) is 0 Å². The van der Waals surface area contributed by atoms with Gasteiger partial charge in [0.15, 0.2) is 0 Å². The van der Waals surface area contributed by atoms with Crippen LogP contribution in [0.25, 0.3) is 0 Å². The summed E-state index contributed by atoms with van der Waals surface area (Å²) in [5, 5.41) is 0. The van der Waals surface area contributed by atoms with Crippen molar-refractivity contribution >= 4 is 11.6 Å². The molecule has 2 N–H and O–H groups in total. The lowest BCUT2D eigenvalue weighted by Gasteiger charge is -2.37. The average Bonchev–Trinajstić information content (AvgIpc) is 2.49. The lowest BCUT2D eigenvalue weighted by atomic mass is 10.1. The Morgan fingerprint density at radius 3 is 2.35 bits per heavy atom. The minimum atomic E-state index is 0.221. The molecule has 0 aliphatic carbocycles. The van der Waals surface area contributed by atoms with Gasteiger partial charge in [-0.25, -0.2) is 0 Å². The molecule has 4 heteroatoms. The van der Waals surface area contributed by atoms with Crippen LogP contribution in [0.2, 0.25) is 0 Å². The molecule has 1 unspecified atom stereocenters. The van der Waals surface area contributed by atoms with Crippen molar-refractivity contribution < 1.29 is 4.79 Å². The number of piperazine rings is 1. The Kier molecular flexibility index (Phi) is 5.01. The molecule has 0 radical (unpaired) electrons. The maximum atomic E-state index is 12.3. The minimum absolute atomic E-state index is 0.221. The Balaban J connectivity index is 1.84. The maximum absolute atomic E-state index is 12.3. The first-order chi connectivity index (χ1) is 9.60. The standard InChI is InChI=1S/C16H25N3O/c1-3-13(2)18-8-10-19(11-9-18)16(20)12-14-4-6-15(17)7-5-14/h4-7,13H,3,8-12,17H2,1-2H3. The molecular formula is C16H25N3O. The molecule has 1 fully saturated rings. The molecule has 110 valence electrons. The Labute approximate surface area is 121 Å². The third-order valence-electron chi connectivity index (χ3n) is 4.22. The zero-order valence-corrected chi connectivity index (χ0v) is 12.5. The lowest BCUT2D eigenvalue weighted by molar-refractivity contribution is -0.132. The van der Waals surface area contributed by atoms with Crippen LogP contribution in [0.15, 0.2) is 24.3 Å². The van der Waals surface area contributed by atoms with Crippen LogP contribution in [0, 0.1) is 0 Å². The predicted molar refractivity (Wildman–Crippen MR) is 82.5 cm³/mol. The van der Waals surface area contributed by atoms with E-state index >= 15 is 0 Å². The summed E-state index contributed by atoms with van der Waals surface area (Å²) in [6.07, 6.45) is 1.64. The van der Waals surface area contributed by atoms with Crippen molar-refractivity contribution in [1.82, 2.24) is 9.80 Å². The monoisotopic (exact) mass is 275 g/mol. The number of rotatable bonds is 4. The summed E-state index contributed by atoms with van der Waals surface area (Å²) in [5.74, 6) is 0.221. The lowest BCUT2D eigenvalue weighted by Crippen LogP contribution is -2.51. The van der Waals surface area contributed by atoms with Crippen LogP contribution in [-0.4, -0.2) is 47.9 Å². The number of hydrogen-bond donors (Lipinski definition) is 1. The van der Waals surface area contributed by atoms with Crippen LogP contribution in [-0.2, 0) is 11.2 Å². The Bertz CT molecular complexity index is 436. The zero-order valence-electron chi connectivity index (χ0n) is 12.5. The fourth-order valence-electron chi connectivity index (χ4n) is 2.59. The van der Waals surface area contributed by atoms with Crippen LogP contribution in [0.5, 0.6) is 0 Å². The molecule has 4 nitrogen and oxygen atoms in total. The molecule has 2 rings (SSSR count). The van der Waals surface area contributed by atoms with E-state index in [4.69, 9.17) is 5.73 Å². The first kappa shape index (κ1) is 14.9. The van der Waals surface area contributed by atoms with E-state index in [1.807, 2.05) is 29.2 Å². The van der Waals surface area contributed by atoms with Crippen molar-refractivity contribution in [2.45, 2.75) is 32.7 Å². The molecule has 20 heavy (non-hydrogen) atoms. The van der Waals surface area contributed by atoms with E-state index in [2.05, 4.69) is 18.7 Å². The normalized spacial score (nSPS) is 18.0. The van der Waals surface area contributed by atoms with Gasteiger partial charge in [0, 0.05) is 37.9 Å². The first-order valence-electron chi connectivity index (χ1n) is 7.46. The van der Waals surface area contributed by atoms with E-state index in [-0.39, 0.29) is 5.91 Å². The Morgan fingerprint density at radius 2 is 1.80 bits per heavy atom. The third-order valence-corrected chi connectivity index (χ3v) is 4.22. The fraction of sp³-hybridized carbons (Fsp3) is 0.562. The van der Waals surface area contributed by atoms with Crippen molar-refractivity contribution in [2.24, 2.45) is 0 Å². The van der Waals surface area contributed by atoms with Gasteiger partial charge in [-0.3, -0.25) is 9.69 Å². The van der Waals surface area contributed by atoms with Gasteiger partial charge < -0.3 is 10.6 Å². The first-order valence-corrected chi connectivity index (χ1v) is 7.46. The van der Waals surface area contributed by atoms with E-state index in [1.54, 1.807) is 0 Å². The molecular weight excluding hydrogens is 250 g/mol. The average molecular weight is 275 g/mol. The van der Waals surface area contributed by atoms with E-state index in [9.17, 15) is 4.79 Å². The van der Waals surface area contributed by atoms with E-state index in [1.165, 1.54) is 6.42 Å². The van der Waals surface area contributed by atoms with Gasteiger partial charge in [0.2, 0.25) is 5.91 Å². The maximum Gasteiger partial charge on any atom is 0.227 e. The number of amides is 1. The minimum Gasteiger partial charge on any atom is -0.399 e. The van der Waals surface area contributed by atoms with Crippen molar-refractivity contribution in [3.63, 3.8) is 0 Å². The number of anilines is 1. The molecule has 1 saturated heterocycles. The number of hydrogen-bond acceptors (Lipinski definition) is 3. The van der Waals surface area contributed by atoms with Crippen LogP contribution >= 0.6 is 0 Å². The second-order valence-electron chi connectivity index (χ2n) is 5.59. The second-order valence-corrected chi connectivity index (χ2v) is 5.59. The van der Waals surface area contributed by atoms with Crippen molar-refractivity contribution in [3.8, 4) is 0 Å². The zero-order chi connectivity index (χ0) is 14.5. The summed E-state index contributed by atoms with van der Waals surface area (Å²) in [6.45, 7) is 8.14. The molecule has 1 aromatic rings. The van der Waals surface area contributed by atoms with Crippen LogP contribution in [0.1, 0.15) is 25.8 Å². The van der Waals surface area contributed by atoms with E-state index < -0.39 is 0 Å². The molecule has 1 aromatic carbocycles. The van der Waals surface area contributed by atoms with Gasteiger partial charge in [-0.05, 0) is 31.0 Å². The third kappa shape index (κ3) is 3.73. The van der Waals surface area contributed by atoms with E-state index in [0.29, 0.717) is 12.5 Å². The van der Waals surface area contributed by atoms with Gasteiger partial charge in [-0.15, -0.1) is 0 Å². The quantitative estimate of drug-likeness (QED) is 0.852. The van der Waals surface area contributed by atoms with Crippen molar-refractivity contribution in [3.05, 3.63) is 29.8 Å². The van der Waals surface area contributed by atoms with Gasteiger partial charge in [-0.2, -0.15) is 0 Å². The molecule has 1 atom stereocenters. The number of carbonyl (C=O) groups excluding carboxylic acids is 1. The van der Waals surface area contributed by atoms with Gasteiger partial charge in [0.25, 0.3) is 0 Å². The van der Waals surface area contributed by atoms with Crippen LogP contribution < -0.4 is 5.73 Å². The highest BCUT2D eigenvalue weighted by atomic mass is 16.2. The molecule has 1 aliphatic rings. The van der Waals surface area contributed by atoms with Crippen LogP contribution in [0.4, 0.5) is 5.69 Å². The highest BCUT2D eigenvalue weighted by Gasteiger charge is 2.23. The molecule has 1 heterocycles. The smallest absolute Gasteiger partial charge is 0.227 e. The Morgan fingerprint density at radius 1 is 1.20 bits per heavy atom. The summed E-state index contributed by atoms with van der Waals surface area (Å²) in [6, 6.07) is 8.18. The molecule has 0 saturated carbocycles.